The molecule has 2 aliphatic rings. The fraction of sp³-hybridized carbons (Fsp3) is 0.889. The molecule has 0 aromatic heterocycles. The summed E-state index contributed by atoms with van der Waals surface area (Å²) in [5.74, 6) is 0. The zero-order valence-corrected chi connectivity index (χ0v) is 7.95. The molecular weight excluding hydrogens is 168 g/mol. The van der Waals surface area contributed by atoms with Crippen molar-refractivity contribution in [2.75, 3.05) is 19.7 Å². The van der Waals surface area contributed by atoms with Crippen LogP contribution in [0.2, 0.25) is 0 Å². The number of carbonyl (C=O) groups is 1. The smallest absolute Gasteiger partial charge is 0.317 e. The third kappa shape index (κ3) is 1.63. The minimum Gasteiger partial charge on any atom is -0.376 e. The van der Waals surface area contributed by atoms with Gasteiger partial charge >= 0.3 is 6.03 Å². The van der Waals surface area contributed by atoms with Gasteiger partial charge in [-0.2, -0.15) is 0 Å². The summed E-state index contributed by atoms with van der Waals surface area (Å²) in [5, 5.41) is 2.81. The number of amides is 2. The van der Waals surface area contributed by atoms with E-state index < -0.39 is 0 Å². The van der Waals surface area contributed by atoms with Gasteiger partial charge in [-0.05, 0) is 19.8 Å². The van der Waals surface area contributed by atoms with E-state index in [1.807, 2.05) is 4.90 Å². The molecule has 13 heavy (non-hydrogen) atoms. The van der Waals surface area contributed by atoms with Gasteiger partial charge in [-0.1, -0.05) is 0 Å². The molecule has 2 atom stereocenters. The fourth-order valence-electron chi connectivity index (χ4n) is 2.06. The maximum absolute atomic E-state index is 11.3. The van der Waals surface area contributed by atoms with E-state index in [1.165, 1.54) is 0 Å². The summed E-state index contributed by atoms with van der Waals surface area (Å²) in [6.45, 7) is 4.51. The summed E-state index contributed by atoms with van der Waals surface area (Å²) in [5.41, 5.74) is 0. The second-order valence-electron chi connectivity index (χ2n) is 3.72. The van der Waals surface area contributed by atoms with E-state index in [1.54, 1.807) is 0 Å². The summed E-state index contributed by atoms with van der Waals surface area (Å²) in [4.78, 5) is 13.2. The molecule has 0 aromatic rings. The third-order valence-electron chi connectivity index (χ3n) is 2.88. The van der Waals surface area contributed by atoms with Crippen molar-refractivity contribution in [1.82, 2.24) is 10.2 Å². The standard InChI is InChI=1S/C9H16N2O2/c1-7(8-3-2-6-13-8)11-5-4-10-9(11)12/h7-8H,2-6H2,1H3,(H,10,12). The lowest BCUT2D eigenvalue weighted by Crippen LogP contribution is -2.43. The quantitative estimate of drug-likeness (QED) is 0.682. The first-order valence-electron chi connectivity index (χ1n) is 4.95. The lowest BCUT2D eigenvalue weighted by Gasteiger charge is -2.27. The van der Waals surface area contributed by atoms with Crippen LogP contribution in [0.15, 0.2) is 0 Å². The van der Waals surface area contributed by atoms with Crippen LogP contribution in [0.1, 0.15) is 19.8 Å². The molecule has 4 heteroatoms. The molecular formula is C9H16N2O2. The SMILES string of the molecule is CC(C1CCCO1)N1CCNC1=O. The van der Waals surface area contributed by atoms with Gasteiger partial charge in [0.05, 0.1) is 12.1 Å². The minimum absolute atomic E-state index is 0.0583. The number of hydrogen-bond donors (Lipinski definition) is 1. The van der Waals surface area contributed by atoms with Crippen molar-refractivity contribution in [2.24, 2.45) is 0 Å². The Kier molecular flexibility index (Phi) is 2.40. The molecule has 2 fully saturated rings. The molecule has 0 saturated carbocycles. The highest BCUT2D eigenvalue weighted by atomic mass is 16.5. The Bertz CT molecular complexity index is 202. The van der Waals surface area contributed by atoms with Gasteiger partial charge in [0, 0.05) is 19.7 Å². The van der Waals surface area contributed by atoms with E-state index in [2.05, 4.69) is 12.2 Å². The second-order valence-corrected chi connectivity index (χ2v) is 3.72. The Labute approximate surface area is 78.2 Å². The van der Waals surface area contributed by atoms with Crippen molar-refractivity contribution in [3.05, 3.63) is 0 Å². The van der Waals surface area contributed by atoms with Crippen molar-refractivity contribution < 1.29 is 9.53 Å². The Balaban J connectivity index is 1.94. The Morgan fingerprint density at radius 2 is 2.54 bits per heavy atom. The molecule has 2 unspecified atom stereocenters. The first-order chi connectivity index (χ1) is 6.29. The second kappa shape index (κ2) is 3.54. The Morgan fingerprint density at radius 1 is 1.69 bits per heavy atom. The van der Waals surface area contributed by atoms with Crippen LogP contribution in [-0.4, -0.2) is 42.8 Å². The first-order valence-corrected chi connectivity index (χ1v) is 4.95. The zero-order chi connectivity index (χ0) is 9.26. The van der Waals surface area contributed by atoms with Gasteiger partial charge in [-0.15, -0.1) is 0 Å². The molecule has 2 aliphatic heterocycles. The van der Waals surface area contributed by atoms with Crippen molar-refractivity contribution >= 4 is 6.03 Å². The van der Waals surface area contributed by atoms with Crippen molar-refractivity contribution in [1.29, 1.82) is 0 Å². The number of carbonyl (C=O) groups excluding carboxylic acids is 1. The largest absolute Gasteiger partial charge is 0.376 e. The van der Waals surface area contributed by atoms with Crippen LogP contribution in [-0.2, 0) is 4.74 Å². The predicted octanol–water partition coefficient (Wildman–Crippen LogP) is 0.579. The topological polar surface area (TPSA) is 41.6 Å². The van der Waals surface area contributed by atoms with Gasteiger partial charge in [0.25, 0.3) is 0 Å². The molecule has 0 spiro atoms. The maximum Gasteiger partial charge on any atom is 0.317 e. The van der Waals surface area contributed by atoms with Gasteiger partial charge in [0.2, 0.25) is 0 Å². The molecule has 1 N–H and O–H groups in total. The van der Waals surface area contributed by atoms with Gasteiger partial charge < -0.3 is 15.0 Å². The molecule has 4 nitrogen and oxygen atoms in total. The predicted molar refractivity (Wildman–Crippen MR) is 48.5 cm³/mol. The van der Waals surface area contributed by atoms with E-state index in [0.29, 0.717) is 0 Å². The minimum atomic E-state index is 0.0583. The normalized spacial score (nSPS) is 30.7. The highest BCUT2D eigenvalue weighted by Crippen LogP contribution is 2.20. The van der Waals surface area contributed by atoms with Crippen LogP contribution in [0, 0.1) is 0 Å². The molecule has 74 valence electrons. The lowest BCUT2D eigenvalue weighted by molar-refractivity contribution is 0.0514. The number of ether oxygens (including phenoxy) is 1. The van der Waals surface area contributed by atoms with Crippen LogP contribution in [0.5, 0.6) is 0 Å². The van der Waals surface area contributed by atoms with Gasteiger partial charge in [-0.25, -0.2) is 4.79 Å². The number of nitrogens with zero attached hydrogens (tertiary/aromatic N) is 1. The molecule has 0 aliphatic carbocycles. The van der Waals surface area contributed by atoms with Gasteiger partial charge in [0.1, 0.15) is 0 Å². The number of rotatable bonds is 2. The molecule has 2 heterocycles. The van der Waals surface area contributed by atoms with E-state index in [0.717, 1.165) is 32.5 Å². The van der Waals surface area contributed by atoms with Crippen LogP contribution in [0.25, 0.3) is 0 Å². The number of hydrogen-bond acceptors (Lipinski definition) is 2. The van der Waals surface area contributed by atoms with Crippen LogP contribution in [0.3, 0.4) is 0 Å². The maximum atomic E-state index is 11.3. The summed E-state index contributed by atoms with van der Waals surface area (Å²) >= 11 is 0. The fourth-order valence-corrected chi connectivity index (χ4v) is 2.06. The van der Waals surface area contributed by atoms with E-state index in [4.69, 9.17) is 4.74 Å². The summed E-state index contributed by atoms with van der Waals surface area (Å²) in [7, 11) is 0. The van der Waals surface area contributed by atoms with Crippen molar-refractivity contribution in [2.45, 2.75) is 31.9 Å². The Hall–Kier alpha value is -0.770. The van der Waals surface area contributed by atoms with Gasteiger partial charge in [0.15, 0.2) is 0 Å². The monoisotopic (exact) mass is 184 g/mol. The van der Waals surface area contributed by atoms with Crippen LogP contribution >= 0.6 is 0 Å². The molecule has 0 bridgehead atoms. The lowest BCUT2D eigenvalue weighted by atomic mass is 10.1. The average molecular weight is 184 g/mol. The summed E-state index contributed by atoms with van der Waals surface area (Å²) in [6, 6.07) is 0.285. The Morgan fingerprint density at radius 3 is 3.08 bits per heavy atom. The molecule has 2 saturated heterocycles. The molecule has 2 rings (SSSR count). The highest BCUT2D eigenvalue weighted by molar-refractivity contribution is 5.76. The van der Waals surface area contributed by atoms with E-state index in [9.17, 15) is 4.79 Å². The van der Waals surface area contributed by atoms with Crippen molar-refractivity contribution in [3.8, 4) is 0 Å². The highest BCUT2D eigenvalue weighted by Gasteiger charge is 2.32. The van der Waals surface area contributed by atoms with Crippen LogP contribution in [0.4, 0.5) is 4.79 Å². The van der Waals surface area contributed by atoms with E-state index >= 15 is 0 Å². The van der Waals surface area contributed by atoms with Crippen LogP contribution < -0.4 is 5.32 Å². The van der Waals surface area contributed by atoms with Crippen molar-refractivity contribution in [3.63, 3.8) is 0 Å². The molecule has 0 radical (unpaired) electrons. The third-order valence-corrected chi connectivity index (χ3v) is 2.88. The van der Waals surface area contributed by atoms with Gasteiger partial charge in [-0.3, -0.25) is 0 Å². The number of nitrogens with one attached hydrogen (secondary N) is 1. The molecule has 2 amide bonds. The summed E-state index contributed by atoms with van der Waals surface area (Å²) < 4.78 is 5.55. The zero-order valence-electron chi connectivity index (χ0n) is 7.95. The first kappa shape index (κ1) is 8.81. The molecule has 0 aromatic carbocycles. The van der Waals surface area contributed by atoms with E-state index in [-0.39, 0.29) is 18.2 Å². The average Bonchev–Trinajstić information content (AvgIpc) is 2.72. The number of urea groups is 1. The summed E-state index contributed by atoms with van der Waals surface area (Å²) in [6.07, 6.45) is 2.47.